The number of nitrogens with one attached hydrogen (secondary N) is 1. The van der Waals surface area contributed by atoms with Crippen LogP contribution in [-0.4, -0.2) is 44.4 Å². The van der Waals surface area contributed by atoms with Gasteiger partial charge in [0, 0.05) is 24.8 Å². The summed E-state index contributed by atoms with van der Waals surface area (Å²) in [6, 6.07) is 14.5. The fourth-order valence-electron chi connectivity index (χ4n) is 3.65. The van der Waals surface area contributed by atoms with Crippen LogP contribution in [0.5, 0.6) is 11.5 Å². The minimum Gasteiger partial charge on any atom is -0.493 e. The molecule has 1 aliphatic heterocycles. The summed E-state index contributed by atoms with van der Waals surface area (Å²) in [6.45, 7) is 0.703. The second-order valence-electron chi connectivity index (χ2n) is 7.45. The topological polar surface area (TPSA) is 67.9 Å². The number of ether oxygens (including phenoxy) is 2. The Bertz CT molecular complexity index is 1170. The van der Waals surface area contributed by atoms with Crippen LogP contribution in [0.1, 0.15) is 31.2 Å². The van der Waals surface area contributed by atoms with Crippen LogP contribution in [0.3, 0.4) is 0 Å². The van der Waals surface area contributed by atoms with Gasteiger partial charge in [-0.1, -0.05) is 6.07 Å². The van der Waals surface area contributed by atoms with Gasteiger partial charge in [0.2, 0.25) is 5.78 Å². The van der Waals surface area contributed by atoms with Gasteiger partial charge in [-0.2, -0.15) is 0 Å². The zero-order chi connectivity index (χ0) is 22.7. The minimum absolute atomic E-state index is 0.0775. The SMILES string of the molecule is COc1cc2c(cc1OC)CCN(C)C(C(=O)c1ccc(NC(=O)c3cccs3)cc1)=C2. The first-order chi connectivity index (χ1) is 15.5. The number of carbonyl (C=O) groups excluding carboxylic acids is 2. The summed E-state index contributed by atoms with van der Waals surface area (Å²) in [5.74, 6) is 1.07. The van der Waals surface area contributed by atoms with Gasteiger partial charge < -0.3 is 19.7 Å². The van der Waals surface area contributed by atoms with Crippen LogP contribution in [0.15, 0.2) is 59.6 Å². The number of anilines is 1. The number of ketones is 1. The Morgan fingerprint density at radius 3 is 2.41 bits per heavy atom. The van der Waals surface area contributed by atoms with Gasteiger partial charge in [-0.15, -0.1) is 11.3 Å². The average molecular weight is 449 g/mol. The number of methoxy groups -OCH3 is 2. The smallest absolute Gasteiger partial charge is 0.265 e. The van der Waals surface area contributed by atoms with Crippen LogP contribution in [0, 0.1) is 0 Å². The predicted molar refractivity (Wildman–Crippen MR) is 127 cm³/mol. The molecule has 0 radical (unpaired) electrons. The van der Waals surface area contributed by atoms with Crippen LogP contribution in [0.4, 0.5) is 5.69 Å². The highest BCUT2D eigenvalue weighted by Crippen LogP contribution is 2.34. The summed E-state index contributed by atoms with van der Waals surface area (Å²) in [5.41, 5.74) is 3.84. The molecule has 0 saturated heterocycles. The molecule has 1 aliphatic rings. The second kappa shape index (κ2) is 9.28. The molecule has 32 heavy (non-hydrogen) atoms. The fraction of sp³-hybridized carbons (Fsp3) is 0.200. The second-order valence-corrected chi connectivity index (χ2v) is 8.39. The standard InChI is InChI=1S/C25H24N2O4S/c1-27-11-10-17-14-21(30-2)22(31-3)15-18(17)13-20(27)24(28)16-6-8-19(9-7-16)26-25(29)23-5-4-12-32-23/h4-9,12-15H,10-11H2,1-3H3,(H,26,29). The molecule has 0 saturated carbocycles. The van der Waals surface area contributed by atoms with Crippen molar-refractivity contribution in [1.29, 1.82) is 0 Å². The third-order valence-corrected chi connectivity index (χ3v) is 6.32. The van der Waals surface area contributed by atoms with Gasteiger partial charge in [-0.3, -0.25) is 9.59 Å². The fourth-order valence-corrected chi connectivity index (χ4v) is 4.26. The van der Waals surface area contributed by atoms with E-state index in [0.717, 1.165) is 17.5 Å². The molecule has 2 aromatic carbocycles. The van der Waals surface area contributed by atoms with Gasteiger partial charge in [0.1, 0.15) is 0 Å². The zero-order valence-electron chi connectivity index (χ0n) is 18.2. The summed E-state index contributed by atoms with van der Waals surface area (Å²) < 4.78 is 10.9. The van der Waals surface area contributed by atoms with Gasteiger partial charge in [0.05, 0.1) is 24.8 Å². The molecule has 1 N–H and O–H groups in total. The highest BCUT2D eigenvalue weighted by atomic mass is 32.1. The molecular weight excluding hydrogens is 424 g/mol. The van der Waals surface area contributed by atoms with Crippen molar-refractivity contribution in [2.45, 2.75) is 6.42 Å². The molecule has 3 aromatic rings. The van der Waals surface area contributed by atoms with Crippen LogP contribution in [0.2, 0.25) is 0 Å². The molecule has 0 bridgehead atoms. The third kappa shape index (κ3) is 4.38. The zero-order valence-corrected chi connectivity index (χ0v) is 19.0. The molecule has 6 nitrogen and oxygen atoms in total. The number of carbonyl (C=O) groups is 2. The largest absolute Gasteiger partial charge is 0.493 e. The lowest BCUT2D eigenvalue weighted by atomic mass is 10.0. The van der Waals surface area contributed by atoms with E-state index in [1.165, 1.54) is 11.3 Å². The van der Waals surface area contributed by atoms with E-state index in [9.17, 15) is 9.59 Å². The van der Waals surface area contributed by atoms with Crippen molar-refractivity contribution in [3.63, 3.8) is 0 Å². The van der Waals surface area contributed by atoms with E-state index in [0.29, 0.717) is 39.9 Å². The number of amides is 1. The molecule has 0 unspecified atom stereocenters. The average Bonchev–Trinajstić information content (AvgIpc) is 3.31. The number of hydrogen-bond acceptors (Lipinski definition) is 6. The molecule has 1 aromatic heterocycles. The Morgan fingerprint density at radius 1 is 1.03 bits per heavy atom. The Hall–Kier alpha value is -3.58. The van der Waals surface area contributed by atoms with Gasteiger partial charge in [0.25, 0.3) is 5.91 Å². The molecule has 0 aliphatic carbocycles. The number of thiophene rings is 1. The van der Waals surface area contributed by atoms with Crippen molar-refractivity contribution in [1.82, 2.24) is 4.90 Å². The first-order valence-electron chi connectivity index (χ1n) is 10.2. The van der Waals surface area contributed by atoms with Gasteiger partial charge in [0.15, 0.2) is 11.5 Å². The van der Waals surface area contributed by atoms with Crippen LogP contribution in [-0.2, 0) is 6.42 Å². The van der Waals surface area contributed by atoms with Gasteiger partial charge in [-0.05, 0) is 71.5 Å². The number of benzene rings is 2. The Kier molecular flexibility index (Phi) is 6.28. The number of nitrogens with zero attached hydrogens (tertiary/aromatic N) is 1. The molecule has 7 heteroatoms. The lowest BCUT2D eigenvalue weighted by molar-refractivity contribution is 0.0999. The van der Waals surface area contributed by atoms with Crippen molar-refractivity contribution < 1.29 is 19.1 Å². The minimum atomic E-state index is -0.161. The maximum Gasteiger partial charge on any atom is 0.265 e. The highest BCUT2D eigenvalue weighted by molar-refractivity contribution is 7.12. The molecule has 0 atom stereocenters. The van der Waals surface area contributed by atoms with Crippen LogP contribution < -0.4 is 14.8 Å². The van der Waals surface area contributed by atoms with Crippen molar-refractivity contribution in [3.8, 4) is 11.5 Å². The number of rotatable bonds is 6. The van der Waals surface area contributed by atoms with E-state index < -0.39 is 0 Å². The van der Waals surface area contributed by atoms with Crippen molar-refractivity contribution in [2.24, 2.45) is 0 Å². The van der Waals surface area contributed by atoms with Crippen LogP contribution >= 0.6 is 11.3 Å². The molecule has 1 amide bonds. The first kappa shape index (κ1) is 21.6. The maximum absolute atomic E-state index is 13.3. The maximum atomic E-state index is 13.3. The van der Waals surface area contributed by atoms with Gasteiger partial charge in [-0.25, -0.2) is 0 Å². The molecule has 2 heterocycles. The van der Waals surface area contributed by atoms with E-state index in [4.69, 9.17) is 9.47 Å². The summed E-state index contributed by atoms with van der Waals surface area (Å²) in [6.07, 6.45) is 2.69. The monoisotopic (exact) mass is 448 g/mol. The summed E-state index contributed by atoms with van der Waals surface area (Å²) in [5, 5.41) is 4.71. The number of likely N-dealkylation sites (N-methyl/N-ethyl adjacent to an activating group) is 1. The number of allylic oxidation sites excluding steroid dienone is 1. The third-order valence-electron chi connectivity index (χ3n) is 5.45. The first-order valence-corrected chi connectivity index (χ1v) is 11.1. The van der Waals surface area contributed by atoms with Gasteiger partial charge >= 0.3 is 0 Å². The van der Waals surface area contributed by atoms with E-state index in [1.54, 1.807) is 44.6 Å². The Labute approximate surface area is 191 Å². The molecule has 0 spiro atoms. The summed E-state index contributed by atoms with van der Waals surface area (Å²) in [4.78, 5) is 28.2. The van der Waals surface area contributed by atoms with E-state index >= 15 is 0 Å². The predicted octanol–water partition coefficient (Wildman–Crippen LogP) is 4.73. The number of fused-ring (bicyclic) bond motifs is 1. The molecule has 164 valence electrons. The molecule has 4 rings (SSSR count). The van der Waals surface area contributed by atoms with E-state index in [-0.39, 0.29) is 11.7 Å². The van der Waals surface area contributed by atoms with E-state index in [1.807, 2.05) is 41.6 Å². The Morgan fingerprint density at radius 2 is 1.75 bits per heavy atom. The number of Topliss-reactive ketones (excluding diaryl/α,β-unsaturated/α-hetero) is 1. The summed E-state index contributed by atoms with van der Waals surface area (Å²) >= 11 is 1.38. The van der Waals surface area contributed by atoms with Crippen LogP contribution in [0.25, 0.3) is 6.08 Å². The molecule has 0 fully saturated rings. The van der Waals surface area contributed by atoms with Crippen molar-refractivity contribution in [3.05, 3.63) is 81.2 Å². The number of hydrogen-bond donors (Lipinski definition) is 1. The Balaban J connectivity index is 1.59. The normalized spacial score (nSPS) is 13.0. The van der Waals surface area contributed by atoms with E-state index in [2.05, 4.69) is 5.32 Å². The summed E-state index contributed by atoms with van der Waals surface area (Å²) in [7, 11) is 5.13. The van der Waals surface area contributed by atoms with Crippen molar-refractivity contribution in [2.75, 3.05) is 33.1 Å². The highest BCUT2D eigenvalue weighted by Gasteiger charge is 2.22. The lowest BCUT2D eigenvalue weighted by Crippen LogP contribution is -2.24. The molecular formula is C25H24N2O4S. The lowest BCUT2D eigenvalue weighted by Gasteiger charge is -2.19. The quantitative estimate of drug-likeness (QED) is 0.552. The van der Waals surface area contributed by atoms with Crippen molar-refractivity contribution >= 4 is 34.8 Å².